The number of fused-ring (bicyclic) bond motifs is 2. The Morgan fingerprint density at radius 2 is 1.72 bits per heavy atom. The Morgan fingerprint density at radius 1 is 0.956 bits per heavy atom. The highest BCUT2D eigenvalue weighted by Crippen LogP contribution is 2.43. The van der Waals surface area contributed by atoms with E-state index in [9.17, 15) is 19.2 Å². The lowest BCUT2D eigenvalue weighted by molar-refractivity contribution is -0.147. The van der Waals surface area contributed by atoms with Crippen LogP contribution in [-0.4, -0.2) is 122 Å². The van der Waals surface area contributed by atoms with Gasteiger partial charge in [-0.2, -0.15) is 10.2 Å². The van der Waals surface area contributed by atoms with Crippen LogP contribution in [0.4, 0.5) is 16.4 Å². The van der Waals surface area contributed by atoms with Gasteiger partial charge in [0.15, 0.2) is 5.82 Å². The molecule has 5 amide bonds. The minimum Gasteiger partial charge on any atom is -0.486 e. The van der Waals surface area contributed by atoms with Crippen LogP contribution < -0.4 is 25.2 Å². The summed E-state index contributed by atoms with van der Waals surface area (Å²) in [4.78, 5) is 67.5. The lowest BCUT2D eigenvalue weighted by Gasteiger charge is -2.60. The van der Waals surface area contributed by atoms with Crippen LogP contribution in [-0.2, 0) is 21.4 Å². The van der Waals surface area contributed by atoms with E-state index in [-0.39, 0.29) is 29.6 Å². The topological polar surface area (TPSA) is 187 Å². The fraction of sp³-hybridized carbons (Fsp3) is 0.429. The molecule has 8 heterocycles. The van der Waals surface area contributed by atoms with Crippen molar-refractivity contribution in [1.82, 2.24) is 50.4 Å². The molecule has 0 aliphatic carbocycles. The summed E-state index contributed by atoms with van der Waals surface area (Å²) in [5.41, 5.74) is 5.01. The summed E-state index contributed by atoms with van der Waals surface area (Å²) in [5.74, 6) is 2.24. The molecule has 1 spiro atoms. The van der Waals surface area contributed by atoms with E-state index in [1.54, 1.807) is 17.1 Å². The molecule has 6 aromatic rings. The maximum atomic E-state index is 13.4. The van der Waals surface area contributed by atoms with Gasteiger partial charge in [0.1, 0.15) is 23.4 Å². The zero-order valence-electron chi connectivity index (χ0n) is 38.5. The molecule has 17 nitrogen and oxygen atoms in total. The molecule has 19 heteroatoms. The third kappa shape index (κ3) is 9.06. The number of ether oxygens (including phenoxy) is 1. The normalized spacial score (nSPS) is 18.2. The number of aryl methyl sites for hydroxylation is 1. The number of hydrogen-bond acceptors (Lipinski definition) is 11. The Morgan fingerprint density at radius 3 is 2.44 bits per heavy atom. The maximum absolute atomic E-state index is 13.4. The number of amides is 5. The van der Waals surface area contributed by atoms with Gasteiger partial charge >= 0.3 is 6.03 Å². The highest BCUT2D eigenvalue weighted by molar-refractivity contribution is 6.35. The first-order chi connectivity index (χ1) is 32.6. The van der Waals surface area contributed by atoms with E-state index in [0.717, 1.165) is 91.0 Å². The van der Waals surface area contributed by atoms with Crippen LogP contribution in [0.5, 0.6) is 5.75 Å². The van der Waals surface area contributed by atoms with E-state index < -0.39 is 17.6 Å². The molecule has 0 radical (unpaired) electrons. The fourth-order valence-corrected chi connectivity index (χ4v) is 10.9. The van der Waals surface area contributed by atoms with Gasteiger partial charge in [0.2, 0.25) is 17.7 Å². The van der Waals surface area contributed by atoms with Gasteiger partial charge < -0.3 is 19.9 Å². The van der Waals surface area contributed by atoms with Gasteiger partial charge in [-0.25, -0.2) is 9.78 Å². The van der Waals surface area contributed by atoms with E-state index >= 15 is 0 Å². The third-order valence-corrected chi connectivity index (χ3v) is 14.5. The number of nitrogens with zero attached hydrogens (tertiary/aromatic N) is 9. The fourth-order valence-electron chi connectivity index (χ4n) is 10.2. The minimum absolute atomic E-state index is 0.0310. The lowest BCUT2D eigenvalue weighted by Crippen LogP contribution is -2.73. The van der Waals surface area contributed by atoms with Gasteiger partial charge in [-0.3, -0.25) is 44.3 Å². The number of anilines is 2. The first-order valence-electron chi connectivity index (χ1n) is 23.1. The largest absolute Gasteiger partial charge is 0.486 e. The first kappa shape index (κ1) is 45.5. The van der Waals surface area contributed by atoms with E-state index in [4.69, 9.17) is 32.9 Å². The second-order valence-corrected chi connectivity index (χ2v) is 20.5. The second kappa shape index (κ2) is 18.0. The van der Waals surface area contributed by atoms with Crippen molar-refractivity contribution in [3.63, 3.8) is 0 Å². The summed E-state index contributed by atoms with van der Waals surface area (Å²) in [6.45, 7) is 11.7. The number of rotatable bonds is 13. The number of benzene rings is 2. The molecular formula is C49H54Cl2N12O5. The average Bonchev–Trinajstić information content (AvgIpc) is 3.85. The number of aromatic amines is 1. The predicted molar refractivity (Wildman–Crippen MR) is 260 cm³/mol. The van der Waals surface area contributed by atoms with Crippen LogP contribution in [0.2, 0.25) is 10.0 Å². The molecule has 0 bridgehead atoms. The number of pyridine rings is 2. The number of H-pyrrole nitrogens is 1. The van der Waals surface area contributed by atoms with Crippen LogP contribution in [0.1, 0.15) is 69.6 Å². The molecule has 4 aliphatic rings. The third-order valence-electron chi connectivity index (χ3n) is 13.9. The number of urea groups is 1. The smallest absolute Gasteiger partial charge is 0.329 e. The summed E-state index contributed by atoms with van der Waals surface area (Å²) in [6.07, 6.45) is 6.99. The van der Waals surface area contributed by atoms with Crippen molar-refractivity contribution >= 4 is 80.4 Å². The number of carbonyl (C=O) groups is 4. The summed E-state index contributed by atoms with van der Waals surface area (Å²) >= 11 is 12.8. The number of aromatic nitrogens is 6. The number of nitrogens with one attached hydrogen (secondary N) is 3. The Hall–Kier alpha value is -6.30. The molecule has 1 atom stereocenters. The van der Waals surface area contributed by atoms with Gasteiger partial charge in [-0.1, -0.05) is 43.1 Å². The monoisotopic (exact) mass is 960 g/mol. The lowest BCUT2D eigenvalue weighted by atomic mass is 9.72. The molecule has 68 heavy (non-hydrogen) atoms. The zero-order chi connectivity index (χ0) is 47.5. The van der Waals surface area contributed by atoms with Gasteiger partial charge in [0.05, 0.1) is 27.6 Å². The predicted octanol–water partition coefficient (Wildman–Crippen LogP) is 6.86. The van der Waals surface area contributed by atoms with Crippen molar-refractivity contribution < 1.29 is 23.9 Å². The average molecular weight is 962 g/mol. The van der Waals surface area contributed by atoms with Crippen molar-refractivity contribution in [2.24, 2.45) is 17.9 Å². The highest BCUT2D eigenvalue weighted by Gasteiger charge is 2.53. The molecule has 10 rings (SSSR count). The van der Waals surface area contributed by atoms with Crippen molar-refractivity contribution in [3.05, 3.63) is 88.3 Å². The summed E-state index contributed by atoms with van der Waals surface area (Å²) < 4.78 is 8.03. The van der Waals surface area contributed by atoms with E-state index in [1.165, 1.54) is 10.5 Å². The molecular weight excluding hydrogens is 908 g/mol. The van der Waals surface area contributed by atoms with Crippen LogP contribution in [0, 0.1) is 10.8 Å². The molecule has 4 aliphatic heterocycles. The standard InChI is InChI=1S/C49H54Cl2N12O5/c1-29(44-36(50)21-52-22-37(44)51)68-33-7-9-38-35(18-33)45(57-56-38)32-6-10-40(53-20-32)61-25-49(26-61)27-62(28-49)43(66)19-48(2,3)24-54-42(65)23-60-14-11-30(12-15-60)31-5-8-34-39(17-31)59(4)58-46(34)63-16-13-41(64)55-47(63)67/h5-10,17-18,20-22,29-30H,11-16,19,23-28H2,1-4H3,(H,54,65)(H,56,57)(H,55,64,67)/t29-/m1/s1. The summed E-state index contributed by atoms with van der Waals surface area (Å²) in [5, 5.41) is 20.5. The number of halogens is 2. The molecule has 0 saturated carbocycles. The van der Waals surface area contributed by atoms with Crippen LogP contribution >= 0.6 is 23.2 Å². The van der Waals surface area contributed by atoms with Gasteiger partial charge in [-0.15, -0.1) is 0 Å². The first-order valence-corrected chi connectivity index (χ1v) is 23.9. The van der Waals surface area contributed by atoms with Crippen molar-refractivity contribution in [1.29, 1.82) is 0 Å². The SMILES string of the molecule is C[C@@H](Oc1ccc2[nH]nc(-c3ccc(N4CC5(CN(C(=O)CC(C)(C)CNC(=O)CN6CCC(c7ccc8c(N9CCC(=O)NC9=O)nn(C)c8c7)CC6)C5)C4)nc3)c2c1)c1c(Cl)cncc1Cl. The molecule has 4 fully saturated rings. The Labute approximate surface area is 403 Å². The van der Waals surface area contributed by atoms with Gasteiger partial charge in [-0.05, 0) is 92.2 Å². The van der Waals surface area contributed by atoms with Crippen molar-refractivity contribution in [3.8, 4) is 17.0 Å². The molecule has 354 valence electrons. The number of hydrogen-bond donors (Lipinski definition) is 3. The van der Waals surface area contributed by atoms with Crippen LogP contribution in [0.3, 0.4) is 0 Å². The Bertz CT molecular complexity index is 2910. The van der Waals surface area contributed by atoms with E-state index in [2.05, 4.69) is 52.8 Å². The van der Waals surface area contributed by atoms with Crippen molar-refractivity contribution in [2.45, 2.75) is 58.5 Å². The molecule has 2 aromatic carbocycles. The zero-order valence-corrected chi connectivity index (χ0v) is 40.0. The minimum atomic E-state index is -0.448. The maximum Gasteiger partial charge on any atom is 0.329 e. The van der Waals surface area contributed by atoms with E-state index in [0.29, 0.717) is 59.1 Å². The van der Waals surface area contributed by atoms with Crippen LogP contribution in [0.15, 0.2) is 67.1 Å². The highest BCUT2D eigenvalue weighted by atomic mass is 35.5. The molecule has 4 saturated heterocycles. The Balaban J connectivity index is 0.652. The van der Waals surface area contributed by atoms with Gasteiger partial charge in [0, 0.05) is 105 Å². The summed E-state index contributed by atoms with van der Waals surface area (Å²) in [7, 11) is 1.86. The quantitative estimate of drug-likeness (QED) is 0.110. The second-order valence-electron chi connectivity index (χ2n) is 19.7. The van der Waals surface area contributed by atoms with Crippen LogP contribution in [0.25, 0.3) is 33.1 Å². The number of piperidine rings is 1. The summed E-state index contributed by atoms with van der Waals surface area (Å²) in [6, 6.07) is 15.6. The molecule has 3 N–H and O–H groups in total. The number of imide groups is 1. The van der Waals surface area contributed by atoms with E-state index in [1.807, 2.05) is 75.3 Å². The molecule has 0 unspecified atom stereocenters. The number of carbonyl (C=O) groups excluding carboxylic acids is 4. The Kier molecular flexibility index (Phi) is 12.0. The van der Waals surface area contributed by atoms with Crippen molar-refractivity contribution in [2.75, 3.05) is 68.7 Å². The van der Waals surface area contributed by atoms with Gasteiger partial charge in [0.25, 0.3) is 0 Å². The molecule has 4 aromatic heterocycles. The number of likely N-dealkylation sites (tertiary alicyclic amines) is 2.